The molecule has 0 amide bonds. The first-order valence-electron chi connectivity index (χ1n) is 9.10. The topological polar surface area (TPSA) is 52.0 Å². The second kappa shape index (κ2) is 8.29. The van der Waals surface area contributed by atoms with E-state index in [9.17, 15) is 0 Å². The summed E-state index contributed by atoms with van der Waals surface area (Å²) < 4.78 is 0. The minimum absolute atomic E-state index is 0.585. The number of fused-ring (bicyclic) bond motifs is 1. The Kier molecular flexibility index (Phi) is 5.86. The van der Waals surface area contributed by atoms with Gasteiger partial charge in [0, 0.05) is 11.7 Å². The number of rotatable bonds is 5. The molecule has 1 fully saturated rings. The molecule has 1 aliphatic carbocycles. The van der Waals surface area contributed by atoms with Crippen LogP contribution in [0.3, 0.4) is 0 Å². The van der Waals surface area contributed by atoms with Crippen LogP contribution in [0.1, 0.15) is 43.7 Å². The summed E-state index contributed by atoms with van der Waals surface area (Å²) in [6.45, 7) is 8.46. The molecule has 0 radical (unpaired) electrons. The second-order valence-electron chi connectivity index (χ2n) is 6.79. The Morgan fingerprint density at radius 3 is 2.71 bits per heavy atom. The van der Waals surface area contributed by atoms with Gasteiger partial charge < -0.3 is 10.2 Å². The molecule has 2 N–H and O–H groups in total. The van der Waals surface area contributed by atoms with E-state index in [1.54, 1.807) is 0 Å². The highest BCUT2D eigenvalue weighted by Crippen LogP contribution is 2.27. The first-order chi connectivity index (χ1) is 11.8. The van der Waals surface area contributed by atoms with Gasteiger partial charge in [-0.2, -0.15) is 5.10 Å². The van der Waals surface area contributed by atoms with E-state index in [0.29, 0.717) is 12.5 Å². The Bertz CT molecular complexity index is 589. The maximum atomic E-state index is 4.08. The van der Waals surface area contributed by atoms with E-state index < -0.39 is 0 Å². The van der Waals surface area contributed by atoms with Crippen LogP contribution in [-0.2, 0) is 12.8 Å². The zero-order valence-electron chi connectivity index (χ0n) is 14.7. The highest BCUT2D eigenvalue weighted by atomic mass is 15.3. The molecule has 1 saturated heterocycles. The van der Waals surface area contributed by atoms with E-state index in [1.165, 1.54) is 62.7 Å². The molecule has 0 saturated carbocycles. The molecule has 3 rings (SSSR count). The Hall–Kier alpha value is -1.88. The first kappa shape index (κ1) is 17.0. The number of aliphatic imine (C=N–C) groups is 1. The van der Waals surface area contributed by atoms with Gasteiger partial charge in [0.25, 0.3) is 0 Å². The van der Waals surface area contributed by atoms with Crippen LogP contribution in [0.2, 0.25) is 0 Å². The summed E-state index contributed by atoms with van der Waals surface area (Å²) in [6, 6.07) is 7.57. The zero-order valence-corrected chi connectivity index (χ0v) is 14.7. The Morgan fingerprint density at radius 1 is 1.21 bits per heavy atom. The number of nitrogens with one attached hydrogen (secondary N) is 2. The van der Waals surface area contributed by atoms with Gasteiger partial charge in [-0.1, -0.05) is 6.07 Å². The maximum absolute atomic E-state index is 4.08. The largest absolute Gasteiger partial charge is 0.367 e. The van der Waals surface area contributed by atoms with Gasteiger partial charge in [0.1, 0.15) is 12.5 Å². The van der Waals surface area contributed by atoms with Crippen molar-refractivity contribution in [3.8, 4) is 0 Å². The lowest BCUT2D eigenvalue weighted by molar-refractivity contribution is 0.222. The van der Waals surface area contributed by atoms with E-state index in [1.807, 2.05) is 6.92 Å². The van der Waals surface area contributed by atoms with Crippen LogP contribution in [0.5, 0.6) is 0 Å². The summed E-state index contributed by atoms with van der Waals surface area (Å²) in [5.74, 6) is 0.645. The van der Waals surface area contributed by atoms with Crippen LogP contribution < -0.4 is 10.7 Å². The summed E-state index contributed by atoms with van der Waals surface area (Å²) >= 11 is 0. The van der Waals surface area contributed by atoms with Crippen molar-refractivity contribution < 1.29 is 0 Å². The number of hydrogen-bond acceptors (Lipinski definition) is 4. The van der Waals surface area contributed by atoms with Crippen LogP contribution in [-0.4, -0.2) is 43.3 Å². The molecule has 130 valence electrons. The predicted octanol–water partition coefficient (Wildman–Crippen LogP) is 3.02. The zero-order chi connectivity index (χ0) is 16.8. The molecule has 1 atom stereocenters. The van der Waals surface area contributed by atoms with Crippen LogP contribution in [0.25, 0.3) is 0 Å². The van der Waals surface area contributed by atoms with E-state index in [-0.39, 0.29) is 0 Å². The molecule has 2 aliphatic rings. The fourth-order valence-electron chi connectivity index (χ4n) is 3.80. The molecule has 5 nitrogen and oxygen atoms in total. The monoisotopic (exact) mass is 327 g/mol. The standard InChI is InChI=1S/C19H29N5/c1-15(20-2)23-22-14-21-18-8-5-16-6-9-19(10-7-17(16)13-18)24-11-3-4-12-24/h5,8,13,19,21-22H,2-4,6-7,9-12,14H2,1H3/b23-15-. The molecule has 0 aromatic heterocycles. The fraction of sp³-hybridized carbons (Fsp3) is 0.579. The number of anilines is 1. The van der Waals surface area contributed by atoms with Gasteiger partial charge in [-0.25, -0.2) is 4.99 Å². The number of amidine groups is 1. The van der Waals surface area contributed by atoms with Gasteiger partial charge >= 0.3 is 0 Å². The Balaban J connectivity index is 1.55. The van der Waals surface area contributed by atoms with Crippen molar-refractivity contribution >= 4 is 18.2 Å². The maximum Gasteiger partial charge on any atom is 0.144 e. The molecule has 1 aromatic rings. The number of likely N-dealkylation sites (tertiary alicyclic amines) is 1. The van der Waals surface area contributed by atoms with Gasteiger partial charge in [0.2, 0.25) is 0 Å². The van der Waals surface area contributed by atoms with Gasteiger partial charge in [-0.05, 0) is 88.5 Å². The minimum Gasteiger partial charge on any atom is -0.367 e. The van der Waals surface area contributed by atoms with Crippen molar-refractivity contribution in [1.29, 1.82) is 0 Å². The van der Waals surface area contributed by atoms with Crippen LogP contribution in [0.15, 0.2) is 28.3 Å². The minimum atomic E-state index is 0.585. The second-order valence-corrected chi connectivity index (χ2v) is 6.79. The lowest BCUT2D eigenvalue weighted by atomic mass is 10.0. The predicted molar refractivity (Wildman–Crippen MR) is 102 cm³/mol. The normalized spacial score (nSPS) is 21.9. The Morgan fingerprint density at radius 2 is 1.96 bits per heavy atom. The van der Waals surface area contributed by atoms with Gasteiger partial charge in [0.15, 0.2) is 0 Å². The third-order valence-corrected chi connectivity index (χ3v) is 5.20. The highest BCUT2D eigenvalue weighted by molar-refractivity contribution is 5.83. The summed E-state index contributed by atoms with van der Waals surface area (Å²) in [4.78, 5) is 6.46. The van der Waals surface area contributed by atoms with Gasteiger partial charge in [-0.3, -0.25) is 5.43 Å². The molecule has 0 bridgehead atoms. The molecular weight excluding hydrogens is 298 g/mol. The van der Waals surface area contributed by atoms with Crippen molar-refractivity contribution in [1.82, 2.24) is 10.3 Å². The van der Waals surface area contributed by atoms with Crippen molar-refractivity contribution in [2.75, 3.05) is 25.1 Å². The summed E-state index contributed by atoms with van der Waals surface area (Å²) in [5, 5.41) is 7.45. The number of hydrazone groups is 1. The molecule has 5 heteroatoms. The summed E-state index contributed by atoms with van der Waals surface area (Å²) in [5.41, 5.74) is 7.15. The SMILES string of the molecule is C=N/C(C)=N\NCNc1ccc2c(c1)CCC(N1CCCC1)CC2. The van der Waals surface area contributed by atoms with Gasteiger partial charge in [0.05, 0.1) is 0 Å². The lowest BCUT2D eigenvalue weighted by Gasteiger charge is -2.25. The van der Waals surface area contributed by atoms with Gasteiger partial charge in [-0.15, -0.1) is 0 Å². The average molecular weight is 327 g/mol. The summed E-state index contributed by atoms with van der Waals surface area (Å²) in [7, 11) is 0. The lowest BCUT2D eigenvalue weighted by Crippen LogP contribution is -2.32. The number of nitrogens with zero attached hydrogens (tertiary/aromatic N) is 3. The van der Waals surface area contributed by atoms with E-state index in [0.717, 1.165) is 11.7 Å². The smallest absolute Gasteiger partial charge is 0.144 e. The Labute approximate surface area is 145 Å². The van der Waals surface area contributed by atoms with Crippen molar-refractivity contribution in [2.24, 2.45) is 10.1 Å². The van der Waals surface area contributed by atoms with E-state index in [4.69, 9.17) is 0 Å². The summed E-state index contributed by atoms with van der Waals surface area (Å²) in [6.07, 6.45) is 7.77. The number of aryl methyl sites for hydroxylation is 2. The molecule has 1 heterocycles. The van der Waals surface area contributed by atoms with Crippen molar-refractivity contribution in [2.45, 2.75) is 51.5 Å². The number of hydrogen-bond donors (Lipinski definition) is 2. The highest BCUT2D eigenvalue weighted by Gasteiger charge is 2.24. The molecule has 1 unspecified atom stereocenters. The molecule has 1 aromatic carbocycles. The third kappa shape index (κ3) is 4.35. The molecule has 1 aliphatic heterocycles. The molecular formula is C19H29N5. The average Bonchev–Trinajstić information content (AvgIpc) is 3.06. The van der Waals surface area contributed by atoms with E-state index >= 15 is 0 Å². The van der Waals surface area contributed by atoms with Crippen LogP contribution >= 0.6 is 0 Å². The van der Waals surface area contributed by atoms with E-state index in [2.05, 4.69) is 50.7 Å². The first-order valence-corrected chi connectivity index (χ1v) is 9.10. The molecule has 0 spiro atoms. The number of benzene rings is 1. The third-order valence-electron chi connectivity index (χ3n) is 5.20. The van der Waals surface area contributed by atoms with Crippen molar-refractivity contribution in [3.63, 3.8) is 0 Å². The van der Waals surface area contributed by atoms with Crippen molar-refractivity contribution in [3.05, 3.63) is 29.3 Å². The molecule has 24 heavy (non-hydrogen) atoms. The fourth-order valence-corrected chi connectivity index (χ4v) is 3.80. The van der Waals surface area contributed by atoms with Crippen LogP contribution in [0.4, 0.5) is 5.69 Å². The van der Waals surface area contributed by atoms with Crippen LogP contribution in [0, 0.1) is 0 Å². The quantitative estimate of drug-likeness (QED) is 0.218.